The lowest BCUT2D eigenvalue weighted by atomic mass is 9.93. The molecule has 196 valence electrons. The Bertz CT molecular complexity index is 1440. The summed E-state index contributed by atoms with van der Waals surface area (Å²) in [6.45, 7) is 6.44. The Morgan fingerprint density at radius 2 is 1.95 bits per heavy atom. The van der Waals surface area contributed by atoms with Crippen molar-refractivity contribution in [1.82, 2.24) is 25.1 Å². The highest BCUT2D eigenvalue weighted by molar-refractivity contribution is 7.80. The maximum atomic E-state index is 13.2. The van der Waals surface area contributed by atoms with Gasteiger partial charge in [-0.2, -0.15) is 5.10 Å². The second-order valence-electron chi connectivity index (χ2n) is 10.3. The summed E-state index contributed by atoms with van der Waals surface area (Å²) in [5.74, 6) is 0.500. The maximum Gasteiger partial charge on any atom is 0.228 e. The number of piperidine rings is 1. The molecule has 0 aliphatic carbocycles. The third kappa shape index (κ3) is 5.34. The fourth-order valence-electron chi connectivity index (χ4n) is 5.55. The first kappa shape index (κ1) is 25.1. The van der Waals surface area contributed by atoms with E-state index in [9.17, 15) is 4.79 Å². The minimum absolute atomic E-state index is 0.0353. The molecule has 4 aromatic rings. The Labute approximate surface area is 231 Å². The van der Waals surface area contributed by atoms with Crippen LogP contribution in [-0.4, -0.2) is 68.6 Å². The van der Waals surface area contributed by atoms with Gasteiger partial charge in [-0.15, -0.1) is 11.3 Å². The number of nitrogens with one attached hydrogen (secondary N) is 2. The number of anilines is 2. The summed E-state index contributed by atoms with van der Waals surface area (Å²) in [4.78, 5) is 27.7. The van der Waals surface area contributed by atoms with E-state index in [2.05, 4.69) is 35.3 Å². The molecule has 1 atom stereocenters. The number of hydrogen-bond donors (Lipinski definition) is 2. The fourth-order valence-corrected chi connectivity index (χ4v) is 6.67. The number of amides is 1. The summed E-state index contributed by atoms with van der Waals surface area (Å²) in [7, 11) is 0. The molecule has 3 aromatic heterocycles. The zero-order valence-electron chi connectivity index (χ0n) is 21.4. The molecule has 0 spiro atoms. The van der Waals surface area contributed by atoms with Crippen LogP contribution in [0.3, 0.4) is 0 Å². The average molecular weight is 546 g/mol. The molecule has 0 radical (unpaired) electrons. The zero-order chi connectivity index (χ0) is 26.1. The van der Waals surface area contributed by atoms with E-state index in [0.29, 0.717) is 5.92 Å². The Morgan fingerprint density at radius 3 is 2.74 bits per heavy atom. The van der Waals surface area contributed by atoms with Crippen LogP contribution >= 0.6 is 23.6 Å². The van der Waals surface area contributed by atoms with Crippen molar-refractivity contribution in [3.05, 3.63) is 53.8 Å². The Morgan fingerprint density at radius 1 is 1.11 bits per heavy atom. The number of carbonyl (C=O) groups is 1. The van der Waals surface area contributed by atoms with Crippen LogP contribution in [-0.2, 0) is 4.79 Å². The third-order valence-electron chi connectivity index (χ3n) is 7.66. The predicted molar refractivity (Wildman–Crippen MR) is 157 cm³/mol. The minimum Gasteiger partial charge on any atom is -0.348 e. The van der Waals surface area contributed by atoms with E-state index in [0.717, 1.165) is 95.5 Å². The number of H-pyrrole nitrogens is 1. The van der Waals surface area contributed by atoms with Crippen LogP contribution in [0.5, 0.6) is 0 Å². The molecule has 0 saturated carbocycles. The van der Waals surface area contributed by atoms with E-state index in [4.69, 9.17) is 12.2 Å². The second kappa shape index (κ2) is 10.9. The topological polar surface area (TPSA) is 90.0 Å². The Balaban J connectivity index is 1.03. The number of thiazole rings is 1. The summed E-state index contributed by atoms with van der Waals surface area (Å²) in [5.41, 5.74) is 4.53. The molecular formula is C28H31N7OS2. The highest BCUT2D eigenvalue weighted by Crippen LogP contribution is 2.30. The molecule has 10 heteroatoms. The molecule has 2 aliphatic rings. The van der Waals surface area contributed by atoms with Gasteiger partial charge >= 0.3 is 0 Å². The number of aromatic amines is 1. The summed E-state index contributed by atoms with van der Waals surface area (Å²) in [5, 5.41) is 14.9. The SMILES string of the molecule is Cc1cc(-c2n[nH]c3ccc(NC(=O)C4CCN(CC(=S)C5CCN(c6nccs6)CC5)C4)cc23)ccn1. The van der Waals surface area contributed by atoms with E-state index < -0.39 is 0 Å². The number of likely N-dealkylation sites (tertiary alicyclic amines) is 1. The lowest BCUT2D eigenvalue weighted by Crippen LogP contribution is -2.39. The van der Waals surface area contributed by atoms with Crippen molar-refractivity contribution in [2.24, 2.45) is 11.8 Å². The smallest absolute Gasteiger partial charge is 0.228 e. The number of aromatic nitrogens is 4. The summed E-state index contributed by atoms with van der Waals surface area (Å²) in [6, 6.07) is 9.87. The fraction of sp³-hybridized carbons (Fsp3) is 0.393. The molecule has 8 nitrogen and oxygen atoms in total. The second-order valence-corrected chi connectivity index (χ2v) is 11.7. The monoisotopic (exact) mass is 545 g/mol. The number of fused-ring (bicyclic) bond motifs is 1. The number of carbonyl (C=O) groups excluding carboxylic acids is 1. The molecule has 38 heavy (non-hydrogen) atoms. The Kier molecular flexibility index (Phi) is 7.18. The number of nitrogens with zero attached hydrogens (tertiary/aromatic N) is 5. The van der Waals surface area contributed by atoms with Crippen LogP contribution in [0.15, 0.2) is 48.1 Å². The number of rotatable bonds is 7. The number of benzene rings is 1. The standard InChI is InChI=1S/C28H31N7OS2/c1-18-14-20(4-8-29-18)26-23-15-22(2-3-24(23)32-33-26)31-27(36)21-5-10-34(16-21)17-25(37)19-6-11-35(12-7-19)28-30-9-13-38-28/h2-4,8-9,13-15,19,21H,5-7,10-12,16-17H2,1H3,(H,31,36)(H,32,33). The lowest BCUT2D eigenvalue weighted by Gasteiger charge is -2.33. The molecule has 6 rings (SSSR count). The van der Waals surface area contributed by atoms with Crippen molar-refractivity contribution in [3.63, 3.8) is 0 Å². The number of hydrogen-bond acceptors (Lipinski definition) is 8. The van der Waals surface area contributed by atoms with Gasteiger partial charge in [0.05, 0.1) is 11.4 Å². The highest BCUT2D eigenvalue weighted by Gasteiger charge is 2.31. The van der Waals surface area contributed by atoms with Crippen LogP contribution < -0.4 is 10.2 Å². The van der Waals surface area contributed by atoms with Crippen molar-refractivity contribution in [1.29, 1.82) is 0 Å². The average Bonchev–Trinajstić information content (AvgIpc) is 3.70. The summed E-state index contributed by atoms with van der Waals surface area (Å²) >= 11 is 7.57. The van der Waals surface area contributed by atoms with Crippen molar-refractivity contribution in [2.45, 2.75) is 26.2 Å². The molecular weight excluding hydrogens is 514 g/mol. The van der Waals surface area contributed by atoms with Gasteiger partial charge in [0, 0.05) is 71.1 Å². The van der Waals surface area contributed by atoms with Gasteiger partial charge in [0.15, 0.2) is 5.13 Å². The summed E-state index contributed by atoms with van der Waals surface area (Å²) < 4.78 is 0. The normalized spacial score (nSPS) is 18.8. The lowest BCUT2D eigenvalue weighted by molar-refractivity contribution is -0.119. The van der Waals surface area contributed by atoms with Crippen molar-refractivity contribution in [3.8, 4) is 11.3 Å². The molecule has 2 fully saturated rings. The van der Waals surface area contributed by atoms with Gasteiger partial charge in [0.25, 0.3) is 0 Å². The quantitative estimate of drug-likeness (QED) is 0.318. The van der Waals surface area contributed by atoms with Gasteiger partial charge < -0.3 is 10.2 Å². The van der Waals surface area contributed by atoms with Crippen molar-refractivity contribution < 1.29 is 4.79 Å². The van der Waals surface area contributed by atoms with Gasteiger partial charge in [-0.3, -0.25) is 19.8 Å². The first-order chi connectivity index (χ1) is 18.5. The number of aryl methyl sites for hydroxylation is 1. The highest BCUT2D eigenvalue weighted by atomic mass is 32.1. The van der Waals surface area contributed by atoms with Crippen LogP contribution in [0.2, 0.25) is 0 Å². The van der Waals surface area contributed by atoms with Gasteiger partial charge in [-0.1, -0.05) is 12.2 Å². The zero-order valence-corrected chi connectivity index (χ0v) is 23.0. The van der Waals surface area contributed by atoms with Crippen LogP contribution in [0.25, 0.3) is 22.2 Å². The molecule has 1 aromatic carbocycles. The van der Waals surface area contributed by atoms with E-state index in [-0.39, 0.29) is 11.8 Å². The predicted octanol–water partition coefficient (Wildman–Crippen LogP) is 4.94. The van der Waals surface area contributed by atoms with E-state index in [1.807, 2.05) is 48.8 Å². The number of thiocarbonyl (C=S) groups is 1. The molecule has 0 bridgehead atoms. The first-order valence-corrected chi connectivity index (χ1v) is 14.4. The molecule has 2 N–H and O–H groups in total. The largest absolute Gasteiger partial charge is 0.348 e. The van der Waals surface area contributed by atoms with Crippen molar-refractivity contribution in [2.75, 3.05) is 42.9 Å². The summed E-state index contributed by atoms with van der Waals surface area (Å²) in [6.07, 6.45) is 6.67. The van der Waals surface area contributed by atoms with Crippen LogP contribution in [0, 0.1) is 18.8 Å². The van der Waals surface area contributed by atoms with Crippen LogP contribution in [0.4, 0.5) is 10.8 Å². The molecule has 2 aliphatic heterocycles. The molecule has 1 unspecified atom stereocenters. The first-order valence-electron chi connectivity index (χ1n) is 13.1. The maximum absolute atomic E-state index is 13.2. The number of pyridine rings is 1. The van der Waals surface area contributed by atoms with Crippen molar-refractivity contribution >= 4 is 56.0 Å². The minimum atomic E-state index is -0.0353. The molecule has 1 amide bonds. The molecule has 5 heterocycles. The van der Waals surface area contributed by atoms with Crippen LogP contribution in [0.1, 0.15) is 25.0 Å². The molecule has 2 saturated heterocycles. The van der Waals surface area contributed by atoms with Gasteiger partial charge in [0.2, 0.25) is 5.91 Å². The van der Waals surface area contributed by atoms with E-state index in [1.54, 1.807) is 17.5 Å². The Hall–Kier alpha value is -3.21. The van der Waals surface area contributed by atoms with Gasteiger partial charge in [0.1, 0.15) is 5.69 Å². The van der Waals surface area contributed by atoms with E-state index >= 15 is 0 Å². The van der Waals surface area contributed by atoms with Gasteiger partial charge in [-0.05, 0) is 69.0 Å². The third-order valence-corrected chi connectivity index (χ3v) is 8.96. The van der Waals surface area contributed by atoms with Gasteiger partial charge in [-0.25, -0.2) is 4.98 Å². The van der Waals surface area contributed by atoms with E-state index in [1.165, 1.54) is 0 Å².